The molecule has 0 bridgehead atoms. The van der Waals surface area contributed by atoms with E-state index in [-0.39, 0.29) is 6.04 Å². The summed E-state index contributed by atoms with van der Waals surface area (Å²) in [5.41, 5.74) is 8.82. The fourth-order valence-corrected chi connectivity index (χ4v) is 1.86. The van der Waals surface area contributed by atoms with Gasteiger partial charge in [-0.3, -0.25) is 0 Å². The Balaban J connectivity index is 2.53. The number of aryl methyl sites for hydroxylation is 1. The number of aliphatic hydroxyl groups excluding tert-OH is 1. The molecule has 3 heteroatoms. The van der Waals surface area contributed by atoms with Crippen LogP contribution in [-0.2, 0) is 0 Å². The maximum absolute atomic E-state index is 9.88. The van der Waals surface area contributed by atoms with E-state index in [0.717, 1.165) is 22.0 Å². The third-order valence-corrected chi connectivity index (χ3v) is 2.72. The van der Waals surface area contributed by atoms with E-state index >= 15 is 0 Å². The van der Waals surface area contributed by atoms with Crippen LogP contribution >= 0.6 is 0 Å². The minimum atomic E-state index is -0.594. The molecule has 0 aliphatic carbocycles. The predicted molar refractivity (Wildman–Crippen MR) is 61.6 cm³/mol. The highest BCUT2D eigenvalue weighted by Gasteiger charge is 2.13. The standard InChI is InChI=1S/C12H16N2O/c1-7-5-10(12(15)8(2)13)6-9-3-4-14-11(7)9/h3-6,8,12,14-15H,13H2,1-2H3. The topological polar surface area (TPSA) is 62.0 Å². The second-order valence-electron chi connectivity index (χ2n) is 4.08. The van der Waals surface area contributed by atoms with Crippen LogP contribution in [0, 0.1) is 6.92 Å². The lowest BCUT2D eigenvalue weighted by atomic mass is 10.00. The highest BCUT2D eigenvalue weighted by molar-refractivity contribution is 5.83. The Kier molecular flexibility index (Phi) is 2.50. The largest absolute Gasteiger partial charge is 0.387 e. The zero-order chi connectivity index (χ0) is 11.0. The number of hydrogen-bond acceptors (Lipinski definition) is 2. The average molecular weight is 204 g/mol. The molecule has 15 heavy (non-hydrogen) atoms. The number of aromatic amines is 1. The molecule has 0 spiro atoms. The molecule has 2 atom stereocenters. The summed E-state index contributed by atoms with van der Waals surface area (Å²) in [5, 5.41) is 11.0. The van der Waals surface area contributed by atoms with Gasteiger partial charge < -0.3 is 15.8 Å². The number of H-pyrrole nitrogens is 1. The van der Waals surface area contributed by atoms with Crippen molar-refractivity contribution in [2.45, 2.75) is 26.0 Å². The van der Waals surface area contributed by atoms with E-state index in [1.165, 1.54) is 0 Å². The Bertz CT molecular complexity index is 473. The van der Waals surface area contributed by atoms with Gasteiger partial charge >= 0.3 is 0 Å². The highest BCUT2D eigenvalue weighted by Crippen LogP contribution is 2.24. The van der Waals surface area contributed by atoms with Gasteiger partial charge in [-0.2, -0.15) is 0 Å². The lowest BCUT2D eigenvalue weighted by molar-refractivity contribution is 0.153. The van der Waals surface area contributed by atoms with Gasteiger partial charge in [0, 0.05) is 17.8 Å². The average Bonchev–Trinajstić information content (AvgIpc) is 2.64. The minimum Gasteiger partial charge on any atom is -0.387 e. The minimum absolute atomic E-state index is 0.249. The fourth-order valence-electron chi connectivity index (χ4n) is 1.86. The number of nitrogens with one attached hydrogen (secondary N) is 1. The van der Waals surface area contributed by atoms with E-state index < -0.39 is 6.10 Å². The summed E-state index contributed by atoms with van der Waals surface area (Å²) in [5.74, 6) is 0. The second-order valence-corrected chi connectivity index (χ2v) is 4.08. The lowest BCUT2D eigenvalue weighted by Crippen LogP contribution is -2.24. The van der Waals surface area contributed by atoms with Crippen LogP contribution in [0.15, 0.2) is 24.4 Å². The van der Waals surface area contributed by atoms with Crippen molar-refractivity contribution in [1.29, 1.82) is 0 Å². The van der Waals surface area contributed by atoms with Gasteiger partial charge in [-0.15, -0.1) is 0 Å². The molecule has 1 aromatic carbocycles. The van der Waals surface area contributed by atoms with Crippen LogP contribution in [0.3, 0.4) is 0 Å². The predicted octanol–water partition coefficient (Wildman–Crippen LogP) is 1.86. The maximum atomic E-state index is 9.88. The van der Waals surface area contributed by atoms with E-state index in [1.54, 1.807) is 6.92 Å². The van der Waals surface area contributed by atoms with Crippen molar-refractivity contribution >= 4 is 10.9 Å². The molecule has 0 radical (unpaired) electrons. The van der Waals surface area contributed by atoms with Gasteiger partial charge in [0.25, 0.3) is 0 Å². The van der Waals surface area contributed by atoms with Crippen molar-refractivity contribution in [3.63, 3.8) is 0 Å². The van der Waals surface area contributed by atoms with Crippen LogP contribution in [0.5, 0.6) is 0 Å². The Morgan fingerprint density at radius 2 is 2.13 bits per heavy atom. The van der Waals surface area contributed by atoms with Crippen LogP contribution in [0.2, 0.25) is 0 Å². The summed E-state index contributed by atoms with van der Waals surface area (Å²) >= 11 is 0. The van der Waals surface area contributed by atoms with Crippen molar-refractivity contribution in [1.82, 2.24) is 4.98 Å². The summed E-state index contributed by atoms with van der Waals surface area (Å²) < 4.78 is 0. The van der Waals surface area contributed by atoms with E-state index in [9.17, 15) is 5.11 Å². The monoisotopic (exact) mass is 204 g/mol. The van der Waals surface area contributed by atoms with Crippen molar-refractivity contribution in [2.24, 2.45) is 5.73 Å². The molecule has 1 aromatic heterocycles. The van der Waals surface area contributed by atoms with Crippen molar-refractivity contribution in [2.75, 3.05) is 0 Å². The summed E-state index contributed by atoms with van der Waals surface area (Å²) in [7, 11) is 0. The van der Waals surface area contributed by atoms with Crippen LogP contribution in [0.1, 0.15) is 24.2 Å². The Hall–Kier alpha value is -1.32. The molecular formula is C12H16N2O. The zero-order valence-corrected chi connectivity index (χ0v) is 8.99. The number of aromatic nitrogens is 1. The zero-order valence-electron chi connectivity index (χ0n) is 8.99. The first-order valence-electron chi connectivity index (χ1n) is 5.11. The first-order valence-corrected chi connectivity index (χ1v) is 5.11. The van der Waals surface area contributed by atoms with Crippen LogP contribution in [0.4, 0.5) is 0 Å². The SMILES string of the molecule is Cc1cc(C(O)C(C)N)cc2cc[nH]c12. The van der Waals surface area contributed by atoms with Gasteiger partial charge in [0.2, 0.25) is 0 Å². The summed E-state index contributed by atoms with van der Waals surface area (Å²) in [6.07, 6.45) is 1.31. The quantitative estimate of drug-likeness (QED) is 0.699. The molecular weight excluding hydrogens is 188 g/mol. The van der Waals surface area contributed by atoms with Gasteiger partial charge in [0.15, 0.2) is 0 Å². The Labute approximate surface area is 88.9 Å². The van der Waals surface area contributed by atoms with Crippen LogP contribution < -0.4 is 5.73 Å². The van der Waals surface area contributed by atoms with Gasteiger partial charge in [0.1, 0.15) is 0 Å². The highest BCUT2D eigenvalue weighted by atomic mass is 16.3. The van der Waals surface area contributed by atoms with Gasteiger partial charge in [0.05, 0.1) is 6.10 Å². The first-order chi connectivity index (χ1) is 7.09. The molecule has 0 saturated heterocycles. The Morgan fingerprint density at radius 3 is 2.80 bits per heavy atom. The summed E-state index contributed by atoms with van der Waals surface area (Å²) in [6.45, 7) is 3.83. The van der Waals surface area contributed by atoms with Gasteiger partial charge in [-0.1, -0.05) is 6.07 Å². The van der Waals surface area contributed by atoms with Crippen LogP contribution in [0.25, 0.3) is 10.9 Å². The summed E-state index contributed by atoms with van der Waals surface area (Å²) in [4.78, 5) is 3.17. The number of nitrogens with two attached hydrogens (primary N) is 1. The number of hydrogen-bond donors (Lipinski definition) is 3. The molecule has 2 aromatic rings. The van der Waals surface area contributed by atoms with Crippen molar-refractivity contribution in [3.8, 4) is 0 Å². The third-order valence-electron chi connectivity index (χ3n) is 2.72. The molecule has 80 valence electrons. The molecule has 0 aliphatic rings. The summed E-state index contributed by atoms with van der Waals surface area (Å²) in [6, 6.07) is 5.71. The van der Waals surface area contributed by atoms with Gasteiger partial charge in [-0.25, -0.2) is 0 Å². The fraction of sp³-hybridized carbons (Fsp3) is 0.333. The van der Waals surface area contributed by atoms with E-state index in [1.807, 2.05) is 31.3 Å². The molecule has 0 saturated carbocycles. The number of benzene rings is 1. The van der Waals surface area contributed by atoms with E-state index in [2.05, 4.69) is 4.98 Å². The second kappa shape index (κ2) is 3.68. The number of fused-ring (bicyclic) bond motifs is 1. The Morgan fingerprint density at radius 1 is 1.40 bits per heavy atom. The van der Waals surface area contributed by atoms with Crippen LogP contribution in [-0.4, -0.2) is 16.1 Å². The van der Waals surface area contributed by atoms with E-state index in [0.29, 0.717) is 0 Å². The molecule has 1 heterocycles. The first kappa shape index (κ1) is 10.2. The smallest absolute Gasteiger partial charge is 0.0938 e. The van der Waals surface area contributed by atoms with E-state index in [4.69, 9.17) is 5.73 Å². The maximum Gasteiger partial charge on any atom is 0.0938 e. The molecule has 3 nitrogen and oxygen atoms in total. The third kappa shape index (κ3) is 1.76. The lowest BCUT2D eigenvalue weighted by Gasteiger charge is -2.15. The van der Waals surface area contributed by atoms with Crippen molar-refractivity contribution < 1.29 is 5.11 Å². The molecule has 2 unspecified atom stereocenters. The molecule has 4 N–H and O–H groups in total. The number of rotatable bonds is 2. The van der Waals surface area contributed by atoms with Crippen molar-refractivity contribution in [3.05, 3.63) is 35.5 Å². The molecule has 2 rings (SSSR count). The van der Waals surface area contributed by atoms with Gasteiger partial charge in [-0.05, 0) is 42.5 Å². The molecule has 0 aliphatic heterocycles. The molecule has 0 amide bonds. The normalized spacial score (nSPS) is 15.5. The molecule has 0 fully saturated rings. The number of aliphatic hydroxyl groups is 1.